The van der Waals surface area contributed by atoms with Gasteiger partial charge in [-0.15, -0.1) is 0 Å². The van der Waals surface area contributed by atoms with Crippen LogP contribution in [0.15, 0.2) is 18.3 Å². The van der Waals surface area contributed by atoms with Crippen LogP contribution in [-0.2, 0) is 6.42 Å². The molecule has 15 heavy (non-hydrogen) atoms. The summed E-state index contributed by atoms with van der Waals surface area (Å²) >= 11 is 0. The van der Waals surface area contributed by atoms with E-state index in [-0.39, 0.29) is 0 Å². The Morgan fingerprint density at radius 2 is 2.20 bits per heavy atom. The summed E-state index contributed by atoms with van der Waals surface area (Å²) in [6, 6.07) is 4.18. The van der Waals surface area contributed by atoms with Crippen molar-refractivity contribution in [3.63, 3.8) is 0 Å². The molecule has 0 amide bonds. The lowest BCUT2D eigenvalue weighted by molar-refractivity contribution is 0.412. The van der Waals surface area contributed by atoms with E-state index in [0.717, 1.165) is 23.3 Å². The predicted molar refractivity (Wildman–Crippen MR) is 62.3 cm³/mol. The Hall–Kier alpha value is -1.48. The molecule has 0 fully saturated rings. The van der Waals surface area contributed by atoms with Gasteiger partial charge in [0, 0.05) is 23.2 Å². The van der Waals surface area contributed by atoms with E-state index < -0.39 is 0 Å². The number of aryl methyl sites for hydroxylation is 1. The lowest BCUT2D eigenvalue weighted by Crippen LogP contribution is -2.01. The molecule has 1 aromatic carbocycles. The normalized spacial score (nSPS) is 10.9. The van der Waals surface area contributed by atoms with Crippen molar-refractivity contribution < 1.29 is 4.74 Å². The van der Waals surface area contributed by atoms with Gasteiger partial charge in [-0.1, -0.05) is 0 Å². The Morgan fingerprint density at radius 3 is 2.87 bits per heavy atom. The molecular formula is C12H16N2O. The van der Waals surface area contributed by atoms with E-state index in [9.17, 15) is 0 Å². The number of ether oxygens (including phenoxy) is 1. The van der Waals surface area contributed by atoms with E-state index in [1.165, 1.54) is 10.9 Å². The second kappa shape index (κ2) is 3.95. The van der Waals surface area contributed by atoms with Gasteiger partial charge in [0.1, 0.15) is 5.75 Å². The quantitative estimate of drug-likeness (QED) is 0.803. The van der Waals surface area contributed by atoms with Crippen LogP contribution in [-0.4, -0.2) is 18.6 Å². The molecule has 3 heteroatoms. The van der Waals surface area contributed by atoms with Crippen LogP contribution in [0.25, 0.3) is 10.9 Å². The van der Waals surface area contributed by atoms with Gasteiger partial charge in [0.05, 0.1) is 7.11 Å². The van der Waals surface area contributed by atoms with Crippen LogP contribution < -0.4 is 10.5 Å². The fraction of sp³-hybridized carbons (Fsp3) is 0.333. The van der Waals surface area contributed by atoms with E-state index in [2.05, 4.69) is 18.0 Å². The highest BCUT2D eigenvalue weighted by molar-refractivity contribution is 5.85. The molecule has 0 saturated carbocycles. The maximum atomic E-state index is 5.57. The standard InChI is InChI=1S/C12H16N2O/c1-8-5-10-9(3-4-13)7-14-11(10)6-12(8)15-2/h5-7,14H,3-4,13H2,1-2H3. The van der Waals surface area contributed by atoms with Crippen molar-refractivity contribution in [3.05, 3.63) is 29.5 Å². The first-order chi connectivity index (χ1) is 7.26. The number of benzene rings is 1. The van der Waals surface area contributed by atoms with Crippen molar-refractivity contribution in [3.8, 4) is 5.75 Å². The monoisotopic (exact) mass is 204 g/mol. The van der Waals surface area contributed by atoms with Crippen LogP contribution in [0.3, 0.4) is 0 Å². The average molecular weight is 204 g/mol. The van der Waals surface area contributed by atoms with Crippen molar-refractivity contribution in [2.45, 2.75) is 13.3 Å². The van der Waals surface area contributed by atoms with E-state index in [4.69, 9.17) is 10.5 Å². The molecule has 0 aliphatic carbocycles. The van der Waals surface area contributed by atoms with E-state index in [0.29, 0.717) is 6.54 Å². The van der Waals surface area contributed by atoms with Crippen LogP contribution in [0.2, 0.25) is 0 Å². The third kappa shape index (κ3) is 1.70. The number of nitrogens with two attached hydrogens (primary N) is 1. The molecule has 2 aromatic rings. The Labute approximate surface area is 89.2 Å². The molecule has 3 nitrogen and oxygen atoms in total. The summed E-state index contributed by atoms with van der Waals surface area (Å²) in [6.45, 7) is 2.73. The Kier molecular flexibility index (Phi) is 2.64. The third-order valence-corrected chi connectivity index (χ3v) is 2.70. The zero-order chi connectivity index (χ0) is 10.8. The number of H-pyrrole nitrogens is 1. The summed E-state index contributed by atoms with van der Waals surface area (Å²) in [5, 5.41) is 1.25. The fourth-order valence-electron chi connectivity index (χ4n) is 1.90. The molecule has 0 radical (unpaired) electrons. The van der Waals surface area contributed by atoms with Crippen molar-refractivity contribution in [1.29, 1.82) is 0 Å². The summed E-state index contributed by atoms with van der Waals surface area (Å²) in [5.74, 6) is 0.920. The molecule has 1 heterocycles. The van der Waals surface area contributed by atoms with Gasteiger partial charge in [-0.05, 0) is 37.1 Å². The number of aromatic nitrogens is 1. The van der Waals surface area contributed by atoms with Gasteiger partial charge in [-0.25, -0.2) is 0 Å². The minimum atomic E-state index is 0.679. The Morgan fingerprint density at radius 1 is 1.40 bits per heavy atom. The minimum absolute atomic E-state index is 0.679. The number of aromatic amines is 1. The van der Waals surface area contributed by atoms with Crippen molar-refractivity contribution in [2.24, 2.45) is 5.73 Å². The summed E-state index contributed by atoms with van der Waals surface area (Å²) < 4.78 is 5.28. The summed E-state index contributed by atoms with van der Waals surface area (Å²) in [7, 11) is 1.69. The first-order valence-corrected chi connectivity index (χ1v) is 5.11. The molecule has 0 spiro atoms. The zero-order valence-electron chi connectivity index (χ0n) is 9.13. The highest BCUT2D eigenvalue weighted by Gasteiger charge is 2.06. The number of methoxy groups -OCH3 is 1. The van der Waals surface area contributed by atoms with Gasteiger partial charge in [0.2, 0.25) is 0 Å². The van der Waals surface area contributed by atoms with Gasteiger partial charge < -0.3 is 15.5 Å². The Bertz CT molecular complexity index is 474. The van der Waals surface area contributed by atoms with Gasteiger partial charge in [-0.2, -0.15) is 0 Å². The lowest BCUT2D eigenvalue weighted by Gasteiger charge is -2.05. The smallest absolute Gasteiger partial charge is 0.123 e. The SMILES string of the molecule is COc1cc2[nH]cc(CCN)c2cc1C. The largest absolute Gasteiger partial charge is 0.496 e. The molecule has 0 saturated heterocycles. The van der Waals surface area contributed by atoms with Gasteiger partial charge in [0.15, 0.2) is 0 Å². The molecule has 80 valence electrons. The van der Waals surface area contributed by atoms with Crippen LogP contribution in [0.5, 0.6) is 5.75 Å². The number of fused-ring (bicyclic) bond motifs is 1. The van der Waals surface area contributed by atoms with Crippen LogP contribution in [0.1, 0.15) is 11.1 Å². The molecule has 0 aliphatic heterocycles. The maximum Gasteiger partial charge on any atom is 0.123 e. The van der Waals surface area contributed by atoms with Crippen molar-refractivity contribution >= 4 is 10.9 Å². The summed E-state index contributed by atoms with van der Waals surface area (Å²) in [5.41, 5.74) is 9.11. The van der Waals surface area contributed by atoms with Crippen LogP contribution in [0, 0.1) is 6.92 Å². The van der Waals surface area contributed by atoms with E-state index >= 15 is 0 Å². The van der Waals surface area contributed by atoms with Crippen LogP contribution in [0.4, 0.5) is 0 Å². The number of hydrogen-bond donors (Lipinski definition) is 2. The first kappa shape index (κ1) is 10.1. The topological polar surface area (TPSA) is 51.0 Å². The number of rotatable bonds is 3. The number of nitrogens with one attached hydrogen (secondary N) is 1. The van der Waals surface area contributed by atoms with Gasteiger partial charge in [0.25, 0.3) is 0 Å². The molecule has 0 atom stereocenters. The predicted octanol–water partition coefficient (Wildman–Crippen LogP) is 1.99. The molecule has 3 N–H and O–H groups in total. The van der Waals surface area contributed by atoms with E-state index in [1.54, 1.807) is 7.11 Å². The second-order valence-electron chi connectivity index (χ2n) is 3.72. The lowest BCUT2D eigenvalue weighted by atomic mass is 10.1. The van der Waals surface area contributed by atoms with E-state index in [1.807, 2.05) is 12.3 Å². The van der Waals surface area contributed by atoms with Gasteiger partial charge >= 0.3 is 0 Å². The second-order valence-corrected chi connectivity index (χ2v) is 3.72. The van der Waals surface area contributed by atoms with Gasteiger partial charge in [-0.3, -0.25) is 0 Å². The zero-order valence-corrected chi connectivity index (χ0v) is 9.13. The van der Waals surface area contributed by atoms with Crippen molar-refractivity contribution in [2.75, 3.05) is 13.7 Å². The highest BCUT2D eigenvalue weighted by Crippen LogP contribution is 2.27. The minimum Gasteiger partial charge on any atom is -0.496 e. The summed E-state index contributed by atoms with van der Waals surface area (Å²) in [4.78, 5) is 3.24. The first-order valence-electron chi connectivity index (χ1n) is 5.11. The molecule has 0 unspecified atom stereocenters. The molecule has 1 aromatic heterocycles. The highest BCUT2D eigenvalue weighted by atomic mass is 16.5. The molecule has 0 bridgehead atoms. The summed E-state index contributed by atoms with van der Waals surface area (Å²) in [6.07, 6.45) is 2.93. The average Bonchev–Trinajstić information content (AvgIpc) is 2.61. The maximum absolute atomic E-state index is 5.57. The van der Waals surface area contributed by atoms with Crippen LogP contribution >= 0.6 is 0 Å². The molecular weight excluding hydrogens is 188 g/mol. The molecule has 0 aliphatic rings. The third-order valence-electron chi connectivity index (χ3n) is 2.70. The van der Waals surface area contributed by atoms with Crippen molar-refractivity contribution in [1.82, 2.24) is 4.98 Å². The Balaban J connectivity index is 2.57. The molecule has 2 rings (SSSR count). The number of hydrogen-bond acceptors (Lipinski definition) is 2. The fourth-order valence-corrected chi connectivity index (χ4v) is 1.90.